The lowest BCUT2D eigenvalue weighted by molar-refractivity contribution is -0.117. The SMILES string of the molecule is Cc1ccc(C[C@H]2CCC(=O)N2c2ccc(C#N)c(Cl)c2)cc1. The van der Waals surface area contributed by atoms with E-state index < -0.39 is 0 Å². The average molecular weight is 325 g/mol. The maximum Gasteiger partial charge on any atom is 0.227 e. The van der Waals surface area contributed by atoms with E-state index in [-0.39, 0.29) is 11.9 Å². The summed E-state index contributed by atoms with van der Waals surface area (Å²) in [6.07, 6.45) is 2.21. The summed E-state index contributed by atoms with van der Waals surface area (Å²) in [5.41, 5.74) is 3.65. The quantitative estimate of drug-likeness (QED) is 0.846. The fourth-order valence-corrected chi connectivity index (χ4v) is 3.25. The second kappa shape index (κ2) is 6.44. The maximum atomic E-state index is 12.3. The Kier molecular flexibility index (Phi) is 4.36. The summed E-state index contributed by atoms with van der Waals surface area (Å²) < 4.78 is 0. The Bertz CT molecular complexity index is 777. The number of halogens is 1. The zero-order valence-electron chi connectivity index (χ0n) is 12.9. The van der Waals surface area contributed by atoms with Crippen LogP contribution in [-0.4, -0.2) is 11.9 Å². The topological polar surface area (TPSA) is 44.1 Å². The van der Waals surface area contributed by atoms with Gasteiger partial charge in [-0.1, -0.05) is 41.4 Å². The first-order valence-electron chi connectivity index (χ1n) is 7.66. The molecule has 0 aliphatic carbocycles. The number of nitriles is 1. The van der Waals surface area contributed by atoms with Crippen molar-refractivity contribution in [2.75, 3.05) is 4.90 Å². The Morgan fingerprint density at radius 1 is 1.26 bits per heavy atom. The molecule has 116 valence electrons. The van der Waals surface area contributed by atoms with Gasteiger partial charge in [-0.2, -0.15) is 5.26 Å². The van der Waals surface area contributed by atoms with Gasteiger partial charge in [0.05, 0.1) is 10.6 Å². The molecule has 0 bridgehead atoms. The van der Waals surface area contributed by atoms with E-state index in [4.69, 9.17) is 16.9 Å². The molecule has 2 aromatic rings. The summed E-state index contributed by atoms with van der Waals surface area (Å²) in [6.45, 7) is 2.06. The molecule has 2 aromatic carbocycles. The highest BCUT2D eigenvalue weighted by Gasteiger charge is 2.32. The molecular formula is C19H17ClN2O. The number of rotatable bonds is 3. The van der Waals surface area contributed by atoms with Crippen molar-refractivity contribution in [2.24, 2.45) is 0 Å². The Hall–Kier alpha value is -2.31. The largest absolute Gasteiger partial charge is 0.309 e. The standard InChI is InChI=1S/C19H17ClN2O/c1-13-2-4-14(5-3-13)10-16-8-9-19(23)22(16)17-7-6-15(12-21)18(20)11-17/h2-7,11,16H,8-10H2,1H3/t16-/m1/s1. The third-order valence-corrected chi connectivity index (χ3v) is 4.58. The number of carbonyl (C=O) groups is 1. The number of carbonyl (C=O) groups excluding carboxylic acids is 1. The van der Waals surface area contributed by atoms with Gasteiger partial charge in [-0.25, -0.2) is 0 Å². The Morgan fingerprint density at radius 2 is 2.00 bits per heavy atom. The van der Waals surface area contributed by atoms with Gasteiger partial charge >= 0.3 is 0 Å². The second-order valence-electron chi connectivity index (χ2n) is 5.92. The molecule has 1 aliphatic heterocycles. The molecule has 1 fully saturated rings. The molecule has 0 unspecified atom stereocenters. The number of hydrogen-bond acceptors (Lipinski definition) is 2. The summed E-state index contributed by atoms with van der Waals surface area (Å²) in [6, 6.07) is 15.8. The van der Waals surface area contributed by atoms with Crippen LogP contribution in [0.5, 0.6) is 0 Å². The minimum atomic E-state index is 0.114. The first kappa shape index (κ1) is 15.6. The lowest BCUT2D eigenvalue weighted by atomic mass is 10.0. The first-order valence-corrected chi connectivity index (χ1v) is 8.03. The smallest absolute Gasteiger partial charge is 0.227 e. The van der Waals surface area contributed by atoms with Gasteiger partial charge in [0.25, 0.3) is 0 Å². The zero-order valence-corrected chi connectivity index (χ0v) is 13.7. The molecule has 1 saturated heterocycles. The summed E-state index contributed by atoms with van der Waals surface area (Å²) in [5, 5.41) is 9.37. The molecule has 1 heterocycles. The zero-order chi connectivity index (χ0) is 16.4. The first-order chi connectivity index (χ1) is 11.1. The molecule has 1 atom stereocenters. The van der Waals surface area contributed by atoms with Crippen molar-refractivity contribution in [3.63, 3.8) is 0 Å². The van der Waals surface area contributed by atoms with Crippen LogP contribution in [-0.2, 0) is 11.2 Å². The van der Waals surface area contributed by atoms with Gasteiger partial charge in [0.15, 0.2) is 0 Å². The van der Waals surface area contributed by atoms with E-state index in [2.05, 4.69) is 31.2 Å². The van der Waals surface area contributed by atoms with Crippen LogP contribution in [0.1, 0.15) is 29.5 Å². The molecule has 1 aliphatic rings. The van der Waals surface area contributed by atoms with E-state index in [9.17, 15) is 4.79 Å². The molecule has 1 amide bonds. The predicted octanol–water partition coefficient (Wildman–Crippen LogP) is 4.26. The molecule has 3 rings (SSSR count). The molecule has 4 heteroatoms. The van der Waals surface area contributed by atoms with Crippen LogP contribution in [0.3, 0.4) is 0 Å². The van der Waals surface area contributed by atoms with Crippen molar-refractivity contribution < 1.29 is 4.79 Å². The Labute approximate surface area is 141 Å². The maximum absolute atomic E-state index is 12.3. The van der Waals surface area contributed by atoms with E-state index in [1.165, 1.54) is 11.1 Å². The van der Waals surface area contributed by atoms with Crippen LogP contribution in [0.15, 0.2) is 42.5 Å². The fraction of sp³-hybridized carbons (Fsp3) is 0.263. The van der Waals surface area contributed by atoms with Crippen LogP contribution in [0.2, 0.25) is 5.02 Å². The van der Waals surface area contributed by atoms with Crippen LogP contribution in [0.4, 0.5) is 5.69 Å². The van der Waals surface area contributed by atoms with E-state index >= 15 is 0 Å². The highest BCUT2D eigenvalue weighted by Crippen LogP contribution is 2.31. The number of nitrogens with zero attached hydrogens (tertiary/aromatic N) is 2. The lowest BCUT2D eigenvalue weighted by Crippen LogP contribution is -2.34. The van der Waals surface area contributed by atoms with Crippen molar-refractivity contribution in [1.29, 1.82) is 5.26 Å². The monoisotopic (exact) mass is 324 g/mol. The number of benzene rings is 2. The summed E-state index contributed by atoms with van der Waals surface area (Å²) in [7, 11) is 0. The number of anilines is 1. The predicted molar refractivity (Wildman–Crippen MR) is 91.6 cm³/mol. The Morgan fingerprint density at radius 3 is 2.65 bits per heavy atom. The normalized spacial score (nSPS) is 17.3. The lowest BCUT2D eigenvalue weighted by Gasteiger charge is -2.25. The summed E-state index contributed by atoms with van der Waals surface area (Å²) >= 11 is 6.12. The summed E-state index contributed by atoms with van der Waals surface area (Å²) in [5.74, 6) is 0.114. The minimum absolute atomic E-state index is 0.114. The fourth-order valence-electron chi connectivity index (χ4n) is 3.03. The van der Waals surface area contributed by atoms with Crippen LogP contribution < -0.4 is 4.90 Å². The molecule has 0 spiro atoms. The average Bonchev–Trinajstić information content (AvgIpc) is 2.90. The molecule has 0 aromatic heterocycles. The molecule has 0 saturated carbocycles. The van der Waals surface area contributed by atoms with Gasteiger partial charge in [0.2, 0.25) is 5.91 Å². The van der Waals surface area contributed by atoms with Crippen molar-refractivity contribution >= 4 is 23.2 Å². The van der Waals surface area contributed by atoms with Gasteiger partial charge in [-0.15, -0.1) is 0 Å². The number of aryl methyl sites for hydroxylation is 1. The molecule has 23 heavy (non-hydrogen) atoms. The van der Waals surface area contributed by atoms with Crippen molar-refractivity contribution in [2.45, 2.75) is 32.2 Å². The van der Waals surface area contributed by atoms with Gasteiger partial charge in [-0.3, -0.25) is 4.79 Å². The summed E-state index contributed by atoms with van der Waals surface area (Å²) in [4.78, 5) is 14.1. The van der Waals surface area contributed by atoms with Crippen LogP contribution >= 0.6 is 11.6 Å². The second-order valence-corrected chi connectivity index (χ2v) is 6.33. The van der Waals surface area contributed by atoms with E-state index in [1.54, 1.807) is 18.2 Å². The van der Waals surface area contributed by atoms with Crippen molar-refractivity contribution in [1.82, 2.24) is 0 Å². The van der Waals surface area contributed by atoms with E-state index in [0.29, 0.717) is 17.0 Å². The highest BCUT2D eigenvalue weighted by molar-refractivity contribution is 6.32. The third-order valence-electron chi connectivity index (χ3n) is 4.27. The third kappa shape index (κ3) is 3.23. The molecule has 0 N–H and O–H groups in total. The van der Waals surface area contributed by atoms with Gasteiger partial charge in [0.1, 0.15) is 6.07 Å². The number of amides is 1. The van der Waals surface area contributed by atoms with Crippen LogP contribution in [0, 0.1) is 18.3 Å². The van der Waals surface area contributed by atoms with Crippen LogP contribution in [0.25, 0.3) is 0 Å². The molecule has 3 nitrogen and oxygen atoms in total. The highest BCUT2D eigenvalue weighted by atomic mass is 35.5. The van der Waals surface area contributed by atoms with Gasteiger partial charge < -0.3 is 4.90 Å². The Balaban J connectivity index is 1.86. The van der Waals surface area contributed by atoms with Crippen molar-refractivity contribution in [3.8, 4) is 6.07 Å². The number of hydrogen-bond donors (Lipinski definition) is 0. The van der Waals surface area contributed by atoms with E-state index in [1.807, 2.05) is 11.0 Å². The van der Waals surface area contributed by atoms with Gasteiger partial charge in [-0.05, 0) is 43.5 Å². The van der Waals surface area contributed by atoms with E-state index in [0.717, 1.165) is 18.5 Å². The molecule has 0 radical (unpaired) electrons. The minimum Gasteiger partial charge on any atom is -0.309 e. The molecular weight excluding hydrogens is 308 g/mol. The van der Waals surface area contributed by atoms with Gasteiger partial charge in [0, 0.05) is 18.2 Å². The van der Waals surface area contributed by atoms with Crippen molar-refractivity contribution in [3.05, 3.63) is 64.2 Å².